The van der Waals surface area contributed by atoms with Crippen molar-refractivity contribution in [2.45, 2.75) is 11.7 Å². The van der Waals surface area contributed by atoms with Crippen molar-refractivity contribution in [1.29, 1.82) is 5.26 Å². The summed E-state index contributed by atoms with van der Waals surface area (Å²) < 4.78 is 23.2. The highest BCUT2D eigenvalue weighted by Gasteiger charge is 2.38. The Balaban J connectivity index is 2.36. The third-order valence-corrected chi connectivity index (χ3v) is 5.14. The largest absolute Gasteiger partial charge is 0.311 e. The predicted octanol–water partition coefficient (Wildman–Crippen LogP) is 1.99. The smallest absolute Gasteiger partial charge is 0.237 e. The van der Waals surface area contributed by atoms with Gasteiger partial charge in [0, 0.05) is 33.8 Å². The Morgan fingerprint density at radius 2 is 2.11 bits per heavy atom. The van der Waals surface area contributed by atoms with Gasteiger partial charge in [-0.2, -0.15) is 5.26 Å². The molecule has 1 atom stereocenters. The molecule has 0 radical (unpaired) electrons. The van der Waals surface area contributed by atoms with Crippen LogP contribution in [0.4, 0.5) is 5.69 Å². The molecule has 1 saturated heterocycles. The van der Waals surface area contributed by atoms with Gasteiger partial charge in [-0.15, -0.1) is 0 Å². The molecule has 1 amide bonds. The van der Waals surface area contributed by atoms with Gasteiger partial charge in [-0.25, -0.2) is 8.42 Å². The van der Waals surface area contributed by atoms with Crippen molar-refractivity contribution in [2.24, 2.45) is 0 Å². The fourth-order valence-electron chi connectivity index (χ4n) is 1.91. The Kier molecular flexibility index (Phi) is 3.85. The summed E-state index contributed by atoms with van der Waals surface area (Å²) in [6, 6.07) is 6.77. The van der Waals surface area contributed by atoms with Crippen molar-refractivity contribution in [2.75, 3.05) is 11.4 Å². The first-order valence-corrected chi connectivity index (χ1v) is 8.42. The summed E-state index contributed by atoms with van der Waals surface area (Å²) in [4.78, 5) is 13.2. The van der Waals surface area contributed by atoms with Crippen molar-refractivity contribution < 1.29 is 13.2 Å². The fraction of sp³-hybridized carbons (Fsp3) is 0.273. The van der Waals surface area contributed by atoms with E-state index < -0.39 is 14.3 Å². The van der Waals surface area contributed by atoms with E-state index in [1.165, 1.54) is 11.0 Å². The van der Waals surface area contributed by atoms with Gasteiger partial charge >= 0.3 is 0 Å². The molecule has 0 spiro atoms. The minimum absolute atomic E-state index is 0.00594. The summed E-state index contributed by atoms with van der Waals surface area (Å²) in [5, 5.41) is 7.97. The highest BCUT2D eigenvalue weighted by atomic mass is 79.9. The molecular weight excluding hydrogens is 356 g/mol. The summed E-state index contributed by atoms with van der Waals surface area (Å²) in [5.41, 5.74) is 0.869. The second kappa shape index (κ2) is 5.12. The molecule has 5 nitrogen and oxygen atoms in total. The summed E-state index contributed by atoms with van der Waals surface area (Å²) in [5.74, 6) is -0.323. The number of anilines is 1. The molecule has 1 unspecified atom stereocenters. The van der Waals surface area contributed by atoms with Crippen LogP contribution in [0.25, 0.3) is 0 Å². The van der Waals surface area contributed by atoms with Crippen LogP contribution >= 0.6 is 26.6 Å². The predicted molar refractivity (Wildman–Crippen MR) is 74.4 cm³/mol. The van der Waals surface area contributed by atoms with Crippen LogP contribution in [0.2, 0.25) is 0 Å². The van der Waals surface area contributed by atoms with E-state index in [0.717, 1.165) is 0 Å². The van der Waals surface area contributed by atoms with E-state index >= 15 is 0 Å². The van der Waals surface area contributed by atoms with E-state index in [0.29, 0.717) is 15.7 Å². The Bertz CT molecular complexity index is 684. The first-order valence-electron chi connectivity index (χ1n) is 5.26. The summed E-state index contributed by atoms with van der Waals surface area (Å²) in [7, 11) is 1.51. The van der Waals surface area contributed by atoms with Gasteiger partial charge in [-0.05, 0) is 18.2 Å². The molecule has 100 valence electrons. The Labute approximate surface area is 123 Å². The van der Waals surface area contributed by atoms with E-state index in [4.69, 9.17) is 15.9 Å². The maximum atomic E-state index is 11.8. The van der Waals surface area contributed by atoms with Gasteiger partial charge < -0.3 is 4.90 Å². The topological polar surface area (TPSA) is 78.2 Å². The molecule has 8 heteroatoms. The number of amides is 1. The van der Waals surface area contributed by atoms with Crippen LogP contribution in [-0.4, -0.2) is 26.1 Å². The van der Waals surface area contributed by atoms with Crippen molar-refractivity contribution in [1.82, 2.24) is 0 Å². The fourth-order valence-corrected chi connectivity index (χ4v) is 3.42. The van der Waals surface area contributed by atoms with Gasteiger partial charge in [0.15, 0.2) is 0 Å². The van der Waals surface area contributed by atoms with Crippen LogP contribution in [0.1, 0.15) is 12.0 Å². The normalized spacial score (nSPS) is 19.5. The maximum absolute atomic E-state index is 11.8. The summed E-state index contributed by atoms with van der Waals surface area (Å²) >= 11 is 3.24. The van der Waals surface area contributed by atoms with Gasteiger partial charge in [-0.3, -0.25) is 4.79 Å². The van der Waals surface area contributed by atoms with Crippen LogP contribution in [-0.2, 0) is 13.8 Å². The third kappa shape index (κ3) is 3.08. The molecule has 1 heterocycles. The van der Waals surface area contributed by atoms with Crippen molar-refractivity contribution in [3.05, 3.63) is 28.2 Å². The lowest BCUT2D eigenvalue weighted by Gasteiger charge is -2.16. The van der Waals surface area contributed by atoms with Crippen molar-refractivity contribution >= 4 is 47.3 Å². The highest BCUT2D eigenvalue weighted by molar-refractivity contribution is 9.10. The van der Waals surface area contributed by atoms with Crippen LogP contribution in [0, 0.1) is 11.3 Å². The molecular formula is C11H8BrClN2O3S. The zero-order valence-electron chi connectivity index (χ0n) is 9.51. The first kappa shape index (κ1) is 14.3. The number of carbonyl (C=O) groups is 1. The Hall–Kier alpha value is -1.10. The average Bonchev–Trinajstić information content (AvgIpc) is 2.70. The highest BCUT2D eigenvalue weighted by Crippen LogP contribution is 2.29. The van der Waals surface area contributed by atoms with Crippen LogP contribution < -0.4 is 4.90 Å². The zero-order valence-corrected chi connectivity index (χ0v) is 12.7. The van der Waals surface area contributed by atoms with E-state index in [1.807, 2.05) is 6.07 Å². The third-order valence-electron chi connectivity index (χ3n) is 2.81. The van der Waals surface area contributed by atoms with Gasteiger partial charge in [0.05, 0.1) is 11.6 Å². The van der Waals surface area contributed by atoms with Crippen LogP contribution in [0.15, 0.2) is 22.7 Å². The Morgan fingerprint density at radius 3 is 2.63 bits per heavy atom. The molecule has 0 aromatic heterocycles. The SMILES string of the molecule is N#Cc1cc(Br)cc(N2CC(S(=O)(=O)Cl)CC2=O)c1. The van der Waals surface area contributed by atoms with E-state index in [2.05, 4.69) is 15.9 Å². The van der Waals surface area contributed by atoms with Gasteiger partial charge in [-0.1, -0.05) is 15.9 Å². The molecule has 0 bridgehead atoms. The van der Waals surface area contributed by atoms with E-state index in [1.54, 1.807) is 12.1 Å². The molecule has 1 fully saturated rings. The number of nitriles is 1. The molecule has 2 rings (SSSR count). The molecule has 0 N–H and O–H groups in total. The van der Waals surface area contributed by atoms with Crippen molar-refractivity contribution in [3.63, 3.8) is 0 Å². The number of rotatable bonds is 2. The zero-order chi connectivity index (χ0) is 14.2. The average molecular weight is 364 g/mol. The number of halogens is 2. The van der Waals surface area contributed by atoms with Crippen LogP contribution in [0.5, 0.6) is 0 Å². The monoisotopic (exact) mass is 362 g/mol. The Morgan fingerprint density at radius 1 is 1.42 bits per heavy atom. The maximum Gasteiger partial charge on any atom is 0.237 e. The number of carbonyl (C=O) groups excluding carboxylic acids is 1. The minimum Gasteiger partial charge on any atom is -0.311 e. The van der Waals surface area contributed by atoms with Crippen LogP contribution in [0.3, 0.4) is 0 Å². The van der Waals surface area contributed by atoms with Gasteiger partial charge in [0.2, 0.25) is 15.0 Å². The molecule has 1 aromatic carbocycles. The first-order chi connectivity index (χ1) is 8.81. The molecule has 0 aliphatic carbocycles. The lowest BCUT2D eigenvalue weighted by atomic mass is 10.2. The quantitative estimate of drug-likeness (QED) is 0.753. The summed E-state index contributed by atoms with van der Waals surface area (Å²) in [6.07, 6.45) is -0.139. The van der Waals surface area contributed by atoms with Crippen molar-refractivity contribution in [3.8, 4) is 6.07 Å². The number of hydrogen-bond donors (Lipinski definition) is 0. The molecule has 1 aliphatic heterocycles. The number of hydrogen-bond acceptors (Lipinski definition) is 4. The number of nitrogens with zero attached hydrogens (tertiary/aromatic N) is 2. The van der Waals surface area contributed by atoms with E-state index in [9.17, 15) is 13.2 Å². The van der Waals surface area contributed by atoms with Gasteiger partial charge in [0.1, 0.15) is 5.25 Å². The summed E-state index contributed by atoms with van der Waals surface area (Å²) in [6.45, 7) is 0.00594. The second-order valence-electron chi connectivity index (χ2n) is 4.12. The van der Waals surface area contributed by atoms with E-state index in [-0.39, 0.29) is 18.9 Å². The lowest BCUT2D eigenvalue weighted by Crippen LogP contribution is -2.26. The van der Waals surface area contributed by atoms with Gasteiger partial charge in [0.25, 0.3) is 0 Å². The molecule has 19 heavy (non-hydrogen) atoms. The molecule has 0 saturated carbocycles. The molecule has 1 aliphatic rings. The second-order valence-corrected chi connectivity index (χ2v) is 7.94. The lowest BCUT2D eigenvalue weighted by molar-refractivity contribution is -0.117. The standard InChI is InChI=1S/C11H8BrClN2O3S/c12-8-1-7(5-14)2-9(3-8)15-6-10(4-11(15)16)19(13,17)18/h1-3,10H,4,6H2. The number of benzene rings is 1. The minimum atomic E-state index is -3.77. The molecule has 1 aromatic rings.